The van der Waals surface area contributed by atoms with Crippen LogP contribution < -0.4 is 0 Å². The van der Waals surface area contributed by atoms with Crippen molar-refractivity contribution in [2.75, 3.05) is 0 Å². The van der Waals surface area contributed by atoms with Crippen LogP contribution in [-0.2, 0) is 12.6 Å². The molecule has 1 fully saturated rings. The van der Waals surface area contributed by atoms with Crippen LogP contribution in [0, 0.1) is 18.3 Å². The lowest BCUT2D eigenvalue weighted by Crippen LogP contribution is -2.18. The van der Waals surface area contributed by atoms with Crippen molar-refractivity contribution < 1.29 is 18.0 Å². The molecule has 4 rings (SSSR count). The Morgan fingerprint density at radius 2 is 1.88 bits per heavy atom. The third-order valence-corrected chi connectivity index (χ3v) is 5.63. The molecular weight excluding hydrogens is 317 g/mol. The van der Waals surface area contributed by atoms with E-state index in [0.29, 0.717) is 11.8 Å². The molecular formula is C18H17F3N2O. The van der Waals surface area contributed by atoms with Crippen molar-refractivity contribution in [1.29, 1.82) is 0 Å². The molecule has 1 heterocycles. The quantitative estimate of drug-likeness (QED) is 0.784. The number of aryl methyl sites for hydroxylation is 1. The van der Waals surface area contributed by atoms with Gasteiger partial charge in [-0.2, -0.15) is 18.3 Å². The molecule has 0 bridgehead atoms. The van der Waals surface area contributed by atoms with E-state index in [1.807, 2.05) is 6.92 Å². The van der Waals surface area contributed by atoms with Gasteiger partial charge in [0.25, 0.3) is 5.91 Å². The second-order valence-corrected chi connectivity index (χ2v) is 7.35. The lowest BCUT2D eigenvalue weighted by Gasteiger charge is -2.11. The third kappa shape index (κ3) is 1.98. The molecule has 126 valence electrons. The molecule has 2 aliphatic rings. The summed E-state index contributed by atoms with van der Waals surface area (Å²) in [6.45, 7) is 6.34. The molecule has 2 unspecified atom stereocenters. The van der Waals surface area contributed by atoms with Gasteiger partial charge in [0.05, 0.1) is 17.0 Å². The average molecular weight is 334 g/mol. The standard InChI is InChI=1S/C18H17F3N2O/c1-9-14-13(8-12-15(14)17(12,2)3)23(22-9)16(24)10-4-6-11(7-5-10)18(19,20)21/h4-7,12,15H,8H2,1-3H3. The van der Waals surface area contributed by atoms with Crippen molar-refractivity contribution in [3.05, 3.63) is 52.3 Å². The lowest BCUT2D eigenvalue weighted by atomic mass is 9.98. The number of fused-ring (bicyclic) bond motifs is 3. The third-order valence-electron chi connectivity index (χ3n) is 5.63. The Labute approximate surface area is 137 Å². The van der Waals surface area contributed by atoms with Crippen molar-refractivity contribution >= 4 is 5.91 Å². The van der Waals surface area contributed by atoms with Crippen molar-refractivity contribution in [3.63, 3.8) is 0 Å². The normalized spacial score (nSPS) is 23.8. The van der Waals surface area contributed by atoms with Crippen LogP contribution in [0.1, 0.15) is 52.6 Å². The minimum atomic E-state index is -4.40. The summed E-state index contributed by atoms with van der Waals surface area (Å²) in [6.07, 6.45) is -3.60. The molecule has 2 aromatic rings. The molecule has 0 N–H and O–H groups in total. The van der Waals surface area contributed by atoms with Gasteiger partial charge in [0.1, 0.15) is 0 Å². The molecule has 0 saturated heterocycles. The number of nitrogens with zero attached hydrogens (tertiary/aromatic N) is 2. The zero-order chi connectivity index (χ0) is 17.4. The molecule has 2 aliphatic carbocycles. The number of alkyl halides is 3. The number of carbonyl (C=O) groups is 1. The van der Waals surface area contributed by atoms with Gasteiger partial charge in [-0.1, -0.05) is 13.8 Å². The van der Waals surface area contributed by atoms with Crippen LogP contribution >= 0.6 is 0 Å². The highest BCUT2D eigenvalue weighted by Gasteiger charge is 2.64. The smallest absolute Gasteiger partial charge is 0.267 e. The predicted molar refractivity (Wildman–Crippen MR) is 81.9 cm³/mol. The van der Waals surface area contributed by atoms with Gasteiger partial charge in [0.15, 0.2) is 0 Å². The maximum atomic E-state index is 12.7. The maximum absolute atomic E-state index is 12.7. The van der Waals surface area contributed by atoms with E-state index in [1.165, 1.54) is 16.8 Å². The number of halogens is 3. The van der Waals surface area contributed by atoms with Gasteiger partial charge in [0, 0.05) is 11.1 Å². The van der Waals surface area contributed by atoms with Crippen molar-refractivity contribution in [2.45, 2.75) is 39.3 Å². The van der Waals surface area contributed by atoms with Gasteiger partial charge in [-0.25, -0.2) is 4.68 Å². The van der Waals surface area contributed by atoms with Crippen molar-refractivity contribution in [1.82, 2.24) is 9.78 Å². The zero-order valence-electron chi connectivity index (χ0n) is 13.6. The summed E-state index contributed by atoms with van der Waals surface area (Å²) in [7, 11) is 0. The van der Waals surface area contributed by atoms with Crippen LogP contribution in [0.4, 0.5) is 13.2 Å². The minimum absolute atomic E-state index is 0.216. The van der Waals surface area contributed by atoms with Gasteiger partial charge in [-0.15, -0.1) is 0 Å². The number of aromatic nitrogens is 2. The second kappa shape index (κ2) is 4.49. The first-order valence-corrected chi connectivity index (χ1v) is 7.92. The summed E-state index contributed by atoms with van der Waals surface area (Å²) in [6, 6.07) is 4.30. The van der Waals surface area contributed by atoms with Crippen LogP contribution in [0.2, 0.25) is 0 Å². The summed E-state index contributed by atoms with van der Waals surface area (Å²) in [4.78, 5) is 12.7. The summed E-state index contributed by atoms with van der Waals surface area (Å²) >= 11 is 0. The van der Waals surface area contributed by atoms with Crippen LogP contribution in [-0.4, -0.2) is 15.7 Å². The highest BCUT2D eigenvalue weighted by Crippen LogP contribution is 2.70. The fourth-order valence-electron chi connectivity index (χ4n) is 4.19. The monoisotopic (exact) mass is 334 g/mol. The average Bonchev–Trinajstić information content (AvgIpc) is 2.84. The Balaban J connectivity index is 1.68. The predicted octanol–water partition coefficient (Wildman–Crippen LogP) is 4.19. The van der Waals surface area contributed by atoms with Gasteiger partial charge < -0.3 is 0 Å². The Morgan fingerprint density at radius 1 is 1.25 bits per heavy atom. The summed E-state index contributed by atoms with van der Waals surface area (Å²) in [5.74, 6) is 0.615. The zero-order valence-corrected chi connectivity index (χ0v) is 13.6. The van der Waals surface area contributed by atoms with E-state index < -0.39 is 11.7 Å². The maximum Gasteiger partial charge on any atom is 0.416 e. The Kier molecular flexibility index (Phi) is 2.89. The van der Waals surface area contributed by atoms with Gasteiger partial charge in [-0.05, 0) is 54.9 Å². The first-order chi connectivity index (χ1) is 11.1. The Bertz CT molecular complexity index is 846. The van der Waals surface area contributed by atoms with E-state index in [-0.39, 0.29) is 16.9 Å². The molecule has 24 heavy (non-hydrogen) atoms. The summed E-state index contributed by atoms with van der Waals surface area (Å²) in [5, 5.41) is 4.37. The van der Waals surface area contributed by atoms with Crippen LogP contribution in [0.25, 0.3) is 0 Å². The topological polar surface area (TPSA) is 34.9 Å². The van der Waals surface area contributed by atoms with Crippen molar-refractivity contribution in [2.24, 2.45) is 11.3 Å². The van der Waals surface area contributed by atoms with Gasteiger partial charge in [0.2, 0.25) is 0 Å². The van der Waals surface area contributed by atoms with E-state index in [2.05, 4.69) is 18.9 Å². The number of hydrogen-bond donors (Lipinski definition) is 0. The van der Waals surface area contributed by atoms with E-state index in [1.54, 1.807) is 0 Å². The molecule has 0 aliphatic heterocycles. The lowest BCUT2D eigenvalue weighted by molar-refractivity contribution is -0.137. The molecule has 0 amide bonds. The number of hydrogen-bond acceptors (Lipinski definition) is 2. The number of carbonyl (C=O) groups excluding carboxylic acids is 1. The summed E-state index contributed by atoms with van der Waals surface area (Å²) in [5.41, 5.74) is 2.64. The fourth-order valence-corrected chi connectivity index (χ4v) is 4.19. The molecule has 1 aromatic heterocycles. The molecule has 1 saturated carbocycles. The molecule has 2 atom stereocenters. The summed E-state index contributed by atoms with van der Waals surface area (Å²) < 4.78 is 39.3. The highest BCUT2D eigenvalue weighted by molar-refractivity contribution is 5.96. The number of benzene rings is 1. The molecule has 0 radical (unpaired) electrons. The molecule has 0 spiro atoms. The first-order valence-electron chi connectivity index (χ1n) is 7.92. The van der Waals surface area contributed by atoms with E-state index in [9.17, 15) is 18.0 Å². The van der Waals surface area contributed by atoms with Crippen LogP contribution in [0.15, 0.2) is 24.3 Å². The van der Waals surface area contributed by atoms with Gasteiger partial charge in [-0.3, -0.25) is 4.79 Å². The SMILES string of the molecule is Cc1nn(C(=O)c2ccc(C(F)(F)F)cc2)c2c1C1C(C2)C1(C)C. The second-order valence-electron chi connectivity index (χ2n) is 7.35. The Morgan fingerprint density at radius 3 is 2.46 bits per heavy atom. The van der Waals surface area contributed by atoms with E-state index >= 15 is 0 Å². The van der Waals surface area contributed by atoms with E-state index in [4.69, 9.17) is 0 Å². The van der Waals surface area contributed by atoms with Gasteiger partial charge >= 0.3 is 6.18 Å². The van der Waals surface area contributed by atoms with E-state index in [0.717, 1.165) is 35.5 Å². The largest absolute Gasteiger partial charge is 0.416 e. The molecule has 1 aromatic carbocycles. The fraction of sp³-hybridized carbons (Fsp3) is 0.444. The minimum Gasteiger partial charge on any atom is -0.267 e. The Hall–Kier alpha value is -2.11. The molecule has 3 nitrogen and oxygen atoms in total. The highest BCUT2D eigenvalue weighted by atomic mass is 19.4. The first kappa shape index (κ1) is 15.4. The van der Waals surface area contributed by atoms with Crippen LogP contribution in [0.5, 0.6) is 0 Å². The van der Waals surface area contributed by atoms with Crippen molar-refractivity contribution in [3.8, 4) is 0 Å². The number of rotatable bonds is 1. The van der Waals surface area contributed by atoms with Crippen LogP contribution in [0.3, 0.4) is 0 Å². The molecule has 6 heteroatoms.